The number of hydrogen-bond donors (Lipinski definition) is 2. The molecular weight excluding hydrogens is 262 g/mol. The maximum Gasteiger partial charge on any atom is 0.143 e. The van der Waals surface area contributed by atoms with Crippen molar-refractivity contribution in [1.29, 1.82) is 0 Å². The molecule has 1 saturated heterocycles. The quantitative estimate of drug-likeness (QED) is 0.847. The fraction of sp³-hybridized carbons (Fsp3) is 0.375. The minimum atomic E-state index is 0.364. The van der Waals surface area contributed by atoms with Gasteiger partial charge < -0.3 is 15.2 Å². The molecule has 0 spiro atoms. The van der Waals surface area contributed by atoms with Gasteiger partial charge >= 0.3 is 0 Å². The predicted molar refractivity (Wildman–Crippen MR) is 86.2 cm³/mol. The van der Waals surface area contributed by atoms with Crippen LogP contribution in [0.5, 0.6) is 0 Å². The van der Waals surface area contributed by atoms with Crippen molar-refractivity contribution in [3.63, 3.8) is 0 Å². The molecule has 3 rings (SSSR count). The molecule has 1 atom stereocenters. The average Bonchev–Trinajstić information content (AvgIpc) is 2.89. The van der Waals surface area contributed by atoms with E-state index < -0.39 is 0 Å². The van der Waals surface area contributed by atoms with Crippen molar-refractivity contribution in [3.8, 4) is 0 Å². The second-order valence-corrected chi connectivity index (χ2v) is 5.54. The Kier molecular flexibility index (Phi) is 3.64. The molecule has 2 N–H and O–H groups in total. The van der Waals surface area contributed by atoms with E-state index in [-0.39, 0.29) is 0 Å². The van der Waals surface area contributed by atoms with Gasteiger partial charge in [0.05, 0.1) is 5.39 Å². The SMILES string of the molecule is C=CC(=C)N1CCC[C@@H](Nc2ncnc3[nH]cc(C)c23)C1. The number of aryl methyl sites for hydroxylation is 1. The maximum absolute atomic E-state index is 4.42. The fourth-order valence-corrected chi connectivity index (χ4v) is 2.91. The second kappa shape index (κ2) is 5.60. The first-order valence-corrected chi connectivity index (χ1v) is 7.30. The lowest BCUT2D eigenvalue weighted by molar-refractivity contribution is 0.277. The third-order valence-corrected chi connectivity index (χ3v) is 4.07. The lowest BCUT2D eigenvalue weighted by Gasteiger charge is -2.35. The molecule has 21 heavy (non-hydrogen) atoms. The molecule has 110 valence electrons. The van der Waals surface area contributed by atoms with Gasteiger partial charge in [0.1, 0.15) is 17.8 Å². The molecule has 0 aromatic carbocycles. The third kappa shape index (κ3) is 2.63. The summed E-state index contributed by atoms with van der Waals surface area (Å²) < 4.78 is 0. The van der Waals surface area contributed by atoms with Crippen LogP contribution < -0.4 is 5.32 Å². The number of rotatable bonds is 4. The maximum atomic E-state index is 4.42. The number of H-pyrrole nitrogens is 1. The Hall–Kier alpha value is -2.30. The van der Waals surface area contributed by atoms with Gasteiger partial charge in [-0.05, 0) is 31.4 Å². The molecule has 0 amide bonds. The van der Waals surface area contributed by atoms with E-state index in [0.717, 1.165) is 54.0 Å². The van der Waals surface area contributed by atoms with Gasteiger partial charge in [0.2, 0.25) is 0 Å². The predicted octanol–water partition coefficient (Wildman–Crippen LogP) is 2.84. The number of piperidine rings is 1. The number of anilines is 1. The van der Waals surface area contributed by atoms with Crippen LogP contribution in [0.1, 0.15) is 18.4 Å². The highest BCUT2D eigenvalue weighted by atomic mass is 15.2. The van der Waals surface area contributed by atoms with E-state index in [1.807, 2.05) is 12.3 Å². The number of hydrogen-bond acceptors (Lipinski definition) is 4. The monoisotopic (exact) mass is 283 g/mol. The zero-order valence-electron chi connectivity index (χ0n) is 12.4. The number of nitrogens with zero attached hydrogens (tertiary/aromatic N) is 3. The van der Waals surface area contributed by atoms with Gasteiger partial charge in [-0.1, -0.05) is 13.2 Å². The van der Waals surface area contributed by atoms with Crippen LogP contribution in [-0.4, -0.2) is 39.0 Å². The fourth-order valence-electron chi connectivity index (χ4n) is 2.91. The molecule has 1 aliphatic heterocycles. The van der Waals surface area contributed by atoms with Crippen LogP contribution in [0.15, 0.2) is 37.5 Å². The van der Waals surface area contributed by atoms with E-state index in [0.29, 0.717) is 6.04 Å². The van der Waals surface area contributed by atoms with E-state index in [2.05, 4.69) is 45.3 Å². The van der Waals surface area contributed by atoms with Crippen LogP contribution in [0.3, 0.4) is 0 Å². The number of fused-ring (bicyclic) bond motifs is 1. The summed E-state index contributed by atoms with van der Waals surface area (Å²) in [5, 5.41) is 4.65. The van der Waals surface area contributed by atoms with Gasteiger partial charge in [-0.3, -0.25) is 0 Å². The van der Waals surface area contributed by atoms with Crippen molar-refractivity contribution >= 4 is 16.9 Å². The minimum Gasteiger partial charge on any atom is -0.370 e. The molecule has 5 nitrogen and oxygen atoms in total. The van der Waals surface area contributed by atoms with Crippen molar-refractivity contribution < 1.29 is 0 Å². The average molecular weight is 283 g/mol. The van der Waals surface area contributed by atoms with Gasteiger partial charge in [0.25, 0.3) is 0 Å². The standard InChI is InChI=1S/C16H21N5/c1-4-12(3)21-7-5-6-13(9-21)20-16-14-11(2)8-17-15(14)18-10-19-16/h4,8,10,13H,1,3,5-7,9H2,2H3,(H2,17,18,19,20)/t13-/m1/s1. The summed E-state index contributed by atoms with van der Waals surface area (Å²) in [4.78, 5) is 14.1. The highest BCUT2D eigenvalue weighted by Gasteiger charge is 2.21. The Labute approximate surface area is 124 Å². The second-order valence-electron chi connectivity index (χ2n) is 5.54. The first kappa shape index (κ1) is 13.7. The molecule has 0 saturated carbocycles. The highest BCUT2D eigenvalue weighted by molar-refractivity contribution is 5.90. The molecule has 1 fully saturated rings. The molecular formula is C16H21N5. The van der Waals surface area contributed by atoms with Crippen LogP contribution >= 0.6 is 0 Å². The highest BCUT2D eigenvalue weighted by Crippen LogP contribution is 2.25. The molecule has 2 aromatic rings. The van der Waals surface area contributed by atoms with Crippen molar-refractivity contribution in [2.45, 2.75) is 25.8 Å². The normalized spacial score (nSPS) is 18.7. The zero-order valence-corrected chi connectivity index (χ0v) is 12.4. The van der Waals surface area contributed by atoms with Crippen molar-refractivity contribution in [2.24, 2.45) is 0 Å². The molecule has 0 aliphatic carbocycles. The largest absolute Gasteiger partial charge is 0.370 e. The molecule has 5 heteroatoms. The van der Waals surface area contributed by atoms with Gasteiger partial charge in [0.15, 0.2) is 0 Å². The zero-order chi connectivity index (χ0) is 14.8. The minimum absolute atomic E-state index is 0.364. The first-order valence-electron chi connectivity index (χ1n) is 7.30. The van der Waals surface area contributed by atoms with E-state index in [4.69, 9.17) is 0 Å². The third-order valence-electron chi connectivity index (χ3n) is 4.07. The van der Waals surface area contributed by atoms with Crippen molar-refractivity contribution in [1.82, 2.24) is 19.9 Å². The van der Waals surface area contributed by atoms with Crippen LogP contribution in [0.2, 0.25) is 0 Å². The Balaban J connectivity index is 1.80. The molecule has 3 heterocycles. The van der Waals surface area contributed by atoms with E-state index in [9.17, 15) is 0 Å². The number of aromatic nitrogens is 3. The molecule has 0 radical (unpaired) electrons. The van der Waals surface area contributed by atoms with Crippen LogP contribution in [0, 0.1) is 6.92 Å². The van der Waals surface area contributed by atoms with E-state index in [1.165, 1.54) is 0 Å². The Morgan fingerprint density at radius 1 is 1.52 bits per heavy atom. The summed E-state index contributed by atoms with van der Waals surface area (Å²) >= 11 is 0. The Morgan fingerprint density at radius 2 is 2.38 bits per heavy atom. The van der Waals surface area contributed by atoms with Gasteiger partial charge in [-0.2, -0.15) is 0 Å². The molecule has 0 unspecified atom stereocenters. The summed E-state index contributed by atoms with van der Waals surface area (Å²) in [5.74, 6) is 0.912. The van der Waals surface area contributed by atoms with Crippen LogP contribution in [-0.2, 0) is 0 Å². The number of nitrogens with one attached hydrogen (secondary N) is 2. The Morgan fingerprint density at radius 3 is 3.19 bits per heavy atom. The number of likely N-dealkylation sites (tertiary alicyclic amines) is 1. The molecule has 1 aliphatic rings. The van der Waals surface area contributed by atoms with E-state index >= 15 is 0 Å². The van der Waals surface area contributed by atoms with Crippen molar-refractivity contribution in [3.05, 3.63) is 43.0 Å². The van der Waals surface area contributed by atoms with Gasteiger partial charge in [-0.25, -0.2) is 9.97 Å². The van der Waals surface area contributed by atoms with Gasteiger partial charge in [0, 0.05) is 31.0 Å². The van der Waals surface area contributed by atoms with Gasteiger partial charge in [-0.15, -0.1) is 0 Å². The summed E-state index contributed by atoms with van der Waals surface area (Å²) in [5.41, 5.74) is 3.04. The smallest absolute Gasteiger partial charge is 0.143 e. The lowest BCUT2D eigenvalue weighted by atomic mass is 10.0. The first-order chi connectivity index (χ1) is 10.2. The Bertz CT molecular complexity index is 672. The summed E-state index contributed by atoms with van der Waals surface area (Å²) in [6.45, 7) is 11.9. The van der Waals surface area contributed by atoms with E-state index in [1.54, 1.807) is 6.33 Å². The topological polar surface area (TPSA) is 56.8 Å². The number of aromatic amines is 1. The summed E-state index contributed by atoms with van der Waals surface area (Å²) in [7, 11) is 0. The molecule has 2 aromatic heterocycles. The lowest BCUT2D eigenvalue weighted by Crippen LogP contribution is -2.41. The summed E-state index contributed by atoms with van der Waals surface area (Å²) in [6.07, 6.45) is 7.67. The van der Waals surface area contributed by atoms with Crippen molar-refractivity contribution in [2.75, 3.05) is 18.4 Å². The summed E-state index contributed by atoms with van der Waals surface area (Å²) in [6, 6.07) is 0.364. The molecule has 0 bridgehead atoms. The van der Waals surface area contributed by atoms with Crippen LogP contribution in [0.25, 0.3) is 11.0 Å². The number of allylic oxidation sites excluding steroid dienone is 1. The van der Waals surface area contributed by atoms with Crippen LogP contribution in [0.4, 0.5) is 5.82 Å².